The van der Waals surface area contributed by atoms with E-state index in [-0.39, 0.29) is 28.8 Å². The number of phenolic OH excluding ortho intramolecular Hbond substituents is 2. The van der Waals surface area contributed by atoms with E-state index in [1.807, 2.05) is 0 Å². The van der Waals surface area contributed by atoms with Crippen LogP contribution in [0.5, 0.6) is 11.5 Å². The van der Waals surface area contributed by atoms with Crippen LogP contribution in [0.1, 0.15) is 5.56 Å². The largest absolute Gasteiger partial charge is 0.504 e. The van der Waals surface area contributed by atoms with Crippen LogP contribution in [0.25, 0.3) is 0 Å². The fourth-order valence-corrected chi connectivity index (χ4v) is 1.91. The number of hydrogen-bond acceptors (Lipinski definition) is 5. The molecule has 0 atom stereocenters. The van der Waals surface area contributed by atoms with E-state index < -0.39 is 4.92 Å². The molecule has 0 amide bonds. The van der Waals surface area contributed by atoms with Crippen molar-refractivity contribution >= 4 is 23.0 Å². The monoisotopic (exact) mass is 294 g/mol. The Labute approximate surface area is 119 Å². The molecule has 0 aliphatic rings. The molecule has 7 heteroatoms. The molecule has 6 nitrogen and oxygen atoms in total. The van der Waals surface area contributed by atoms with Gasteiger partial charge in [0.2, 0.25) is 0 Å². The normalized spacial score (nSPS) is 10.2. The zero-order valence-corrected chi connectivity index (χ0v) is 11.0. The lowest BCUT2D eigenvalue weighted by molar-refractivity contribution is -0.384. The Balaban J connectivity index is 2.15. The molecule has 0 aromatic heterocycles. The minimum Gasteiger partial charge on any atom is -0.504 e. The highest BCUT2D eigenvalue weighted by Crippen LogP contribution is 2.30. The second-order valence-corrected chi connectivity index (χ2v) is 4.47. The van der Waals surface area contributed by atoms with Crippen LogP contribution >= 0.6 is 11.6 Å². The van der Waals surface area contributed by atoms with Crippen molar-refractivity contribution in [3.63, 3.8) is 0 Å². The molecule has 20 heavy (non-hydrogen) atoms. The predicted octanol–water partition coefficient (Wildman–Crippen LogP) is 3.27. The highest BCUT2D eigenvalue weighted by atomic mass is 35.5. The SMILES string of the molecule is O=[N+]([O-])c1ccc(NCc2cccc(O)c2O)c(Cl)c1. The van der Waals surface area contributed by atoms with Crippen LogP contribution in [0.4, 0.5) is 11.4 Å². The van der Waals surface area contributed by atoms with Gasteiger partial charge in [0.15, 0.2) is 11.5 Å². The first kappa shape index (κ1) is 14.0. The number of benzene rings is 2. The summed E-state index contributed by atoms with van der Waals surface area (Å²) in [5.74, 6) is -0.419. The summed E-state index contributed by atoms with van der Waals surface area (Å²) in [7, 11) is 0. The van der Waals surface area contributed by atoms with Crippen molar-refractivity contribution in [3.8, 4) is 11.5 Å². The summed E-state index contributed by atoms with van der Waals surface area (Å²) in [6.07, 6.45) is 0. The average molecular weight is 295 g/mol. The van der Waals surface area contributed by atoms with Gasteiger partial charge in [-0.3, -0.25) is 10.1 Å². The summed E-state index contributed by atoms with van der Waals surface area (Å²) >= 11 is 5.93. The van der Waals surface area contributed by atoms with E-state index in [2.05, 4.69) is 5.32 Å². The van der Waals surface area contributed by atoms with Crippen molar-refractivity contribution in [2.45, 2.75) is 6.54 Å². The minimum absolute atomic E-state index is 0.0965. The van der Waals surface area contributed by atoms with Crippen molar-refractivity contribution in [1.29, 1.82) is 0 Å². The van der Waals surface area contributed by atoms with Crippen LogP contribution in [0.2, 0.25) is 5.02 Å². The van der Waals surface area contributed by atoms with E-state index in [9.17, 15) is 20.3 Å². The molecule has 2 aromatic carbocycles. The van der Waals surface area contributed by atoms with Gasteiger partial charge in [0.05, 0.1) is 15.6 Å². The number of hydrogen-bond donors (Lipinski definition) is 3. The zero-order valence-electron chi connectivity index (χ0n) is 10.2. The lowest BCUT2D eigenvalue weighted by Crippen LogP contribution is -2.00. The zero-order chi connectivity index (χ0) is 14.7. The number of non-ortho nitro benzene ring substituents is 1. The number of nitro groups is 1. The highest BCUT2D eigenvalue weighted by Gasteiger charge is 2.10. The maximum atomic E-state index is 10.6. The fraction of sp³-hybridized carbons (Fsp3) is 0.0769. The van der Waals surface area contributed by atoms with Crippen molar-refractivity contribution < 1.29 is 15.1 Å². The topological polar surface area (TPSA) is 95.6 Å². The van der Waals surface area contributed by atoms with Crippen LogP contribution in [0, 0.1) is 10.1 Å². The van der Waals surface area contributed by atoms with Gasteiger partial charge in [0.1, 0.15) is 0 Å². The molecule has 0 heterocycles. The average Bonchev–Trinajstić information content (AvgIpc) is 2.41. The van der Waals surface area contributed by atoms with E-state index in [1.54, 1.807) is 12.1 Å². The molecule has 0 aliphatic carbocycles. The number of rotatable bonds is 4. The van der Waals surface area contributed by atoms with Crippen LogP contribution in [0.15, 0.2) is 36.4 Å². The van der Waals surface area contributed by atoms with Crippen molar-refractivity contribution in [2.24, 2.45) is 0 Å². The first-order valence-corrected chi connectivity index (χ1v) is 6.04. The number of halogens is 1. The molecule has 0 aliphatic heterocycles. The Hall–Kier alpha value is -2.47. The first-order valence-electron chi connectivity index (χ1n) is 5.66. The molecule has 0 saturated heterocycles. The summed E-state index contributed by atoms with van der Waals surface area (Å²) in [6.45, 7) is 0.220. The highest BCUT2D eigenvalue weighted by molar-refractivity contribution is 6.33. The van der Waals surface area contributed by atoms with Gasteiger partial charge < -0.3 is 15.5 Å². The van der Waals surface area contributed by atoms with Crippen LogP contribution < -0.4 is 5.32 Å². The van der Waals surface area contributed by atoms with Crippen molar-refractivity contribution in [2.75, 3.05) is 5.32 Å². The second-order valence-electron chi connectivity index (χ2n) is 4.06. The van der Waals surface area contributed by atoms with E-state index in [0.29, 0.717) is 11.3 Å². The lowest BCUT2D eigenvalue weighted by Gasteiger charge is -2.10. The number of nitrogens with one attached hydrogen (secondary N) is 1. The number of anilines is 1. The Bertz CT molecular complexity index is 661. The summed E-state index contributed by atoms with van der Waals surface area (Å²) < 4.78 is 0. The van der Waals surface area contributed by atoms with Gasteiger partial charge in [0.25, 0.3) is 5.69 Å². The smallest absolute Gasteiger partial charge is 0.271 e. The van der Waals surface area contributed by atoms with Crippen LogP contribution in [-0.2, 0) is 6.54 Å². The van der Waals surface area contributed by atoms with Crippen LogP contribution in [0.3, 0.4) is 0 Å². The molecular formula is C13H11ClN2O4. The summed E-state index contributed by atoms with van der Waals surface area (Å²) in [5.41, 5.74) is 0.889. The van der Waals surface area contributed by atoms with E-state index in [1.165, 1.54) is 24.3 Å². The molecule has 0 saturated carbocycles. The molecule has 0 unspecified atom stereocenters. The number of phenols is 2. The predicted molar refractivity (Wildman–Crippen MR) is 75.2 cm³/mol. The molecular weight excluding hydrogens is 284 g/mol. The van der Waals surface area contributed by atoms with Gasteiger partial charge in [-0.15, -0.1) is 0 Å². The standard InChI is InChI=1S/C13H11ClN2O4/c14-10-6-9(16(19)20)4-5-11(10)15-7-8-2-1-3-12(17)13(8)18/h1-6,15,17-18H,7H2. The Morgan fingerprint density at radius 3 is 2.65 bits per heavy atom. The third kappa shape index (κ3) is 2.92. The number of aromatic hydroxyl groups is 2. The Morgan fingerprint density at radius 1 is 1.25 bits per heavy atom. The van der Waals surface area contributed by atoms with Gasteiger partial charge in [-0.2, -0.15) is 0 Å². The molecule has 0 radical (unpaired) electrons. The van der Waals surface area contributed by atoms with Gasteiger partial charge in [-0.05, 0) is 12.1 Å². The summed E-state index contributed by atoms with van der Waals surface area (Å²) in [6, 6.07) is 8.67. The number of nitrogens with zero attached hydrogens (tertiary/aromatic N) is 1. The first-order chi connectivity index (χ1) is 9.49. The Morgan fingerprint density at radius 2 is 2.00 bits per heavy atom. The van der Waals surface area contributed by atoms with E-state index >= 15 is 0 Å². The third-order valence-corrected chi connectivity index (χ3v) is 3.04. The molecule has 104 valence electrons. The lowest BCUT2D eigenvalue weighted by atomic mass is 10.2. The molecule has 0 spiro atoms. The van der Waals surface area contributed by atoms with Crippen LogP contribution in [-0.4, -0.2) is 15.1 Å². The second kappa shape index (κ2) is 5.66. The fourth-order valence-electron chi connectivity index (χ4n) is 1.67. The van der Waals surface area contributed by atoms with Crippen molar-refractivity contribution in [3.05, 3.63) is 57.1 Å². The minimum atomic E-state index is -0.531. The summed E-state index contributed by atoms with van der Waals surface area (Å²) in [4.78, 5) is 10.1. The van der Waals surface area contributed by atoms with E-state index in [0.717, 1.165) is 0 Å². The summed E-state index contributed by atoms with van der Waals surface area (Å²) in [5, 5.41) is 32.8. The van der Waals surface area contributed by atoms with Gasteiger partial charge >= 0.3 is 0 Å². The van der Waals surface area contributed by atoms with Gasteiger partial charge in [-0.25, -0.2) is 0 Å². The molecule has 3 N–H and O–H groups in total. The van der Waals surface area contributed by atoms with Gasteiger partial charge in [0, 0.05) is 24.2 Å². The van der Waals surface area contributed by atoms with E-state index in [4.69, 9.17) is 11.6 Å². The molecule has 0 fully saturated rings. The Kier molecular flexibility index (Phi) is 3.95. The third-order valence-electron chi connectivity index (χ3n) is 2.73. The van der Waals surface area contributed by atoms with Crippen molar-refractivity contribution in [1.82, 2.24) is 0 Å². The maximum Gasteiger partial charge on any atom is 0.271 e. The molecule has 2 rings (SSSR count). The molecule has 0 bridgehead atoms. The quantitative estimate of drug-likeness (QED) is 0.457. The molecule has 2 aromatic rings. The maximum absolute atomic E-state index is 10.6. The van der Waals surface area contributed by atoms with Gasteiger partial charge in [-0.1, -0.05) is 23.7 Å². The number of nitro benzene ring substituents is 1. The number of para-hydroxylation sites is 1.